The zero-order valence-corrected chi connectivity index (χ0v) is 25.8. The molecule has 0 fully saturated rings. The number of ether oxygens (including phenoxy) is 2. The number of rotatable bonds is 9. The summed E-state index contributed by atoms with van der Waals surface area (Å²) in [5.41, 5.74) is 5.77. The molecule has 4 rings (SSSR count). The van der Waals surface area contributed by atoms with Crippen molar-refractivity contribution < 1.29 is 27.5 Å². The summed E-state index contributed by atoms with van der Waals surface area (Å²) >= 11 is 16.6. The van der Waals surface area contributed by atoms with E-state index >= 15 is 0 Å². The van der Waals surface area contributed by atoms with Crippen LogP contribution in [0.1, 0.15) is 41.9 Å². The van der Waals surface area contributed by atoms with Gasteiger partial charge in [0.05, 0.1) is 4.90 Å². The van der Waals surface area contributed by atoms with Crippen LogP contribution in [0.2, 0.25) is 0 Å². The lowest BCUT2D eigenvalue weighted by molar-refractivity contribution is -0.143. The minimum Gasteiger partial charge on any atom is -0.461 e. The van der Waals surface area contributed by atoms with Crippen LogP contribution in [0, 0.1) is 6.92 Å². The monoisotopic (exact) mass is 639 g/mol. The smallest absolute Gasteiger partial charge is 0.407 e. The number of unbranched alkanes of at least 4 members (excludes halogenated alkanes) is 1. The van der Waals surface area contributed by atoms with Gasteiger partial charge in [0.2, 0.25) is 3.79 Å². The van der Waals surface area contributed by atoms with Crippen LogP contribution >= 0.6 is 34.8 Å². The number of benzene rings is 3. The first-order valence-corrected chi connectivity index (χ1v) is 16.0. The predicted octanol–water partition coefficient (Wildman–Crippen LogP) is 7.01. The molecule has 0 heterocycles. The Kier molecular flexibility index (Phi) is 11.9. The lowest BCUT2D eigenvalue weighted by atomic mass is 9.98. The number of alkyl carbamates (subject to hydrolysis) is 1. The summed E-state index contributed by atoms with van der Waals surface area (Å²) < 4.78 is 30.6. The number of amides is 1. The minimum absolute atomic E-state index is 0.0239. The first-order chi connectivity index (χ1) is 19.3. The third-order valence-corrected chi connectivity index (χ3v) is 7.72. The van der Waals surface area contributed by atoms with Gasteiger partial charge in [0.1, 0.15) is 13.2 Å². The van der Waals surface area contributed by atoms with Crippen LogP contribution in [0.15, 0.2) is 77.7 Å². The molecule has 1 aliphatic carbocycles. The molecule has 1 N–H and O–H groups in total. The van der Waals surface area contributed by atoms with Crippen LogP contribution in [-0.2, 0) is 24.1 Å². The molecule has 7 nitrogen and oxygen atoms in total. The number of carbonyl (C=O) groups excluding carboxylic acids is 2. The summed E-state index contributed by atoms with van der Waals surface area (Å²) in [5, 5.41) is 2.71. The topological polar surface area (TPSA) is 98.8 Å². The van der Waals surface area contributed by atoms with E-state index in [9.17, 15) is 18.0 Å². The first-order valence-electron chi connectivity index (χ1n) is 12.9. The molecule has 3 aromatic rings. The SMILES string of the molecule is Cc1ccc(S(C)(=O)=O)cc1.O=C(CCCCNC(=O)OCC1c2ccccc2-c2ccccc21)OCC(Cl)(Cl)Cl. The van der Waals surface area contributed by atoms with Gasteiger partial charge in [0, 0.05) is 25.1 Å². The van der Waals surface area contributed by atoms with Crippen molar-refractivity contribution in [1.29, 1.82) is 0 Å². The van der Waals surface area contributed by atoms with Gasteiger partial charge < -0.3 is 14.8 Å². The number of fused-ring (bicyclic) bond motifs is 3. The van der Waals surface area contributed by atoms with Gasteiger partial charge in [-0.2, -0.15) is 0 Å². The Morgan fingerprint density at radius 1 is 0.854 bits per heavy atom. The summed E-state index contributed by atoms with van der Waals surface area (Å²) in [7, 11) is -3.02. The second-order valence-electron chi connectivity index (χ2n) is 9.57. The fourth-order valence-corrected chi connectivity index (χ4v) is 5.05. The van der Waals surface area contributed by atoms with Gasteiger partial charge in [-0.15, -0.1) is 0 Å². The summed E-state index contributed by atoms with van der Waals surface area (Å²) in [4.78, 5) is 24.0. The highest BCUT2D eigenvalue weighted by atomic mass is 35.6. The number of esters is 1. The molecule has 0 saturated carbocycles. The standard InChI is InChI=1S/C22H22Cl3NO4.C8H10O2S/c23-22(24,25)14-30-20(27)11-5-6-12-26-21(28)29-13-19-17-9-3-1-7-15(17)16-8-2-4-10-18(16)19;1-7-3-5-8(6-4-7)11(2,9)10/h1-4,7-10,19H,5-6,11-14H2,(H,26,28);3-6H,1-2H3. The maximum atomic E-state index is 12.1. The molecule has 0 bridgehead atoms. The van der Waals surface area contributed by atoms with E-state index in [1.807, 2.05) is 31.2 Å². The summed E-state index contributed by atoms with van der Waals surface area (Å²) in [6.45, 7) is 2.30. The molecule has 0 spiro atoms. The van der Waals surface area contributed by atoms with E-state index in [0.29, 0.717) is 24.3 Å². The van der Waals surface area contributed by atoms with E-state index in [2.05, 4.69) is 29.6 Å². The molecule has 220 valence electrons. The van der Waals surface area contributed by atoms with Crippen molar-refractivity contribution in [3.63, 3.8) is 0 Å². The third-order valence-electron chi connectivity index (χ3n) is 6.27. The van der Waals surface area contributed by atoms with E-state index in [1.165, 1.54) is 28.5 Å². The maximum Gasteiger partial charge on any atom is 0.407 e. The Labute approximate surface area is 256 Å². The van der Waals surface area contributed by atoms with E-state index < -0.39 is 25.7 Å². The van der Waals surface area contributed by atoms with Crippen molar-refractivity contribution in [3.05, 3.63) is 89.5 Å². The van der Waals surface area contributed by atoms with E-state index in [-0.39, 0.29) is 25.6 Å². The Hall–Kier alpha value is -2.78. The van der Waals surface area contributed by atoms with Crippen LogP contribution in [0.4, 0.5) is 4.79 Å². The van der Waals surface area contributed by atoms with Gasteiger partial charge in [0.25, 0.3) is 0 Å². The molecule has 0 aromatic heterocycles. The minimum atomic E-state index is -3.02. The maximum absolute atomic E-state index is 12.1. The number of carbonyl (C=O) groups is 2. The van der Waals surface area contributed by atoms with Crippen molar-refractivity contribution in [2.24, 2.45) is 0 Å². The molecule has 0 radical (unpaired) electrons. The fraction of sp³-hybridized carbons (Fsp3) is 0.333. The van der Waals surface area contributed by atoms with Crippen LogP contribution < -0.4 is 5.32 Å². The largest absolute Gasteiger partial charge is 0.461 e. The third kappa shape index (κ3) is 10.5. The molecule has 0 atom stereocenters. The summed E-state index contributed by atoms with van der Waals surface area (Å²) in [5.74, 6) is -0.418. The normalized spacial score (nSPS) is 12.4. The van der Waals surface area contributed by atoms with E-state index in [0.717, 1.165) is 5.56 Å². The highest BCUT2D eigenvalue weighted by molar-refractivity contribution is 7.90. The van der Waals surface area contributed by atoms with Crippen molar-refractivity contribution in [1.82, 2.24) is 5.32 Å². The van der Waals surface area contributed by atoms with Crippen LogP contribution in [-0.4, -0.2) is 50.3 Å². The van der Waals surface area contributed by atoms with Crippen molar-refractivity contribution in [2.75, 3.05) is 26.0 Å². The molecule has 3 aromatic carbocycles. The van der Waals surface area contributed by atoms with Crippen LogP contribution in [0.3, 0.4) is 0 Å². The quantitative estimate of drug-likeness (QED) is 0.154. The number of aryl methyl sites for hydroxylation is 1. The average molecular weight is 641 g/mol. The zero-order chi connectivity index (χ0) is 30.0. The number of hydrogen-bond donors (Lipinski definition) is 1. The van der Waals surface area contributed by atoms with Gasteiger partial charge in [-0.1, -0.05) is 101 Å². The van der Waals surface area contributed by atoms with Gasteiger partial charge in [-0.25, -0.2) is 13.2 Å². The van der Waals surface area contributed by atoms with Gasteiger partial charge in [-0.05, 0) is 54.2 Å². The predicted molar refractivity (Wildman–Crippen MR) is 162 cm³/mol. The van der Waals surface area contributed by atoms with E-state index in [4.69, 9.17) is 44.3 Å². The van der Waals surface area contributed by atoms with Crippen molar-refractivity contribution in [2.45, 2.75) is 40.8 Å². The lowest BCUT2D eigenvalue weighted by Gasteiger charge is -2.14. The summed E-state index contributed by atoms with van der Waals surface area (Å²) in [6, 6.07) is 23.2. The molecule has 41 heavy (non-hydrogen) atoms. The molecule has 0 saturated heterocycles. The second-order valence-corrected chi connectivity index (χ2v) is 14.1. The molecule has 0 unspecified atom stereocenters. The zero-order valence-electron chi connectivity index (χ0n) is 22.7. The van der Waals surface area contributed by atoms with Crippen molar-refractivity contribution >= 4 is 56.7 Å². The fourth-order valence-electron chi connectivity index (χ4n) is 4.25. The van der Waals surface area contributed by atoms with Gasteiger partial charge in [-0.3, -0.25) is 4.79 Å². The van der Waals surface area contributed by atoms with Gasteiger partial charge in [0.15, 0.2) is 9.84 Å². The summed E-state index contributed by atoms with van der Waals surface area (Å²) in [6.07, 6.45) is 2.07. The van der Waals surface area contributed by atoms with Crippen LogP contribution in [0.25, 0.3) is 11.1 Å². The first kappa shape index (κ1) is 32.7. The average Bonchev–Trinajstić information content (AvgIpc) is 3.24. The number of nitrogens with one attached hydrogen (secondary N) is 1. The number of hydrogen-bond acceptors (Lipinski definition) is 6. The van der Waals surface area contributed by atoms with E-state index in [1.54, 1.807) is 24.3 Å². The Morgan fingerprint density at radius 2 is 1.41 bits per heavy atom. The number of alkyl halides is 3. The molecule has 0 aliphatic heterocycles. The highest BCUT2D eigenvalue weighted by Gasteiger charge is 2.29. The molecular weight excluding hydrogens is 609 g/mol. The van der Waals surface area contributed by atoms with Crippen LogP contribution in [0.5, 0.6) is 0 Å². The number of sulfone groups is 1. The lowest BCUT2D eigenvalue weighted by Crippen LogP contribution is -2.27. The highest BCUT2D eigenvalue weighted by Crippen LogP contribution is 2.44. The molecule has 11 heteroatoms. The molecular formula is C30H32Cl3NO6S. The van der Waals surface area contributed by atoms with Crippen molar-refractivity contribution in [3.8, 4) is 11.1 Å². The van der Waals surface area contributed by atoms with Gasteiger partial charge >= 0.3 is 12.1 Å². The Balaban J connectivity index is 0.000000352. The number of halogens is 3. The molecule has 1 amide bonds. The second kappa shape index (κ2) is 14.9. The molecule has 1 aliphatic rings. The Morgan fingerprint density at radius 3 is 1.95 bits per heavy atom. The Bertz CT molecular complexity index is 1390.